The fourth-order valence-corrected chi connectivity index (χ4v) is 3.11. The molecule has 24 heavy (non-hydrogen) atoms. The van der Waals surface area contributed by atoms with Crippen LogP contribution in [0.1, 0.15) is 60.6 Å². The van der Waals surface area contributed by atoms with E-state index in [-0.39, 0.29) is 5.91 Å². The van der Waals surface area contributed by atoms with Gasteiger partial charge >= 0.3 is 0 Å². The molecular weight excluding hydrogens is 318 g/mol. The number of anilines is 2. The summed E-state index contributed by atoms with van der Waals surface area (Å²) in [5, 5.41) is 8.76. The molecule has 0 aliphatic rings. The van der Waals surface area contributed by atoms with E-state index in [9.17, 15) is 4.79 Å². The molecule has 1 amide bonds. The van der Waals surface area contributed by atoms with Crippen LogP contribution in [0.25, 0.3) is 0 Å². The van der Waals surface area contributed by atoms with Crippen molar-refractivity contribution in [1.82, 2.24) is 10.3 Å². The summed E-state index contributed by atoms with van der Waals surface area (Å²) >= 11 is 1.45. The quantitative estimate of drug-likeness (QED) is 0.614. The van der Waals surface area contributed by atoms with Crippen molar-refractivity contribution in [3.05, 3.63) is 40.4 Å². The Kier molecular flexibility index (Phi) is 7.25. The van der Waals surface area contributed by atoms with E-state index in [2.05, 4.69) is 48.5 Å². The van der Waals surface area contributed by atoms with E-state index >= 15 is 0 Å². The van der Waals surface area contributed by atoms with Crippen LogP contribution in [0.3, 0.4) is 0 Å². The first-order valence-corrected chi connectivity index (χ1v) is 9.56. The van der Waals surface area contributed by atoms with Gasteiger partial charge in [-0.2, -0.15) is 0 Å². The number of aromatic nitrogens is 1. The number of carbonyl (C=O) groups excluding carboxylic acids is 1. The molecule has 1 aromatic heterocycles. The standard InChI is InChI=1S/C19H27N3OS/c1-4-5-6-7-8-11-20-18(23)17-13-24-19(22-17)21-16-10-9-14(2)15(3)12-16/h9-10,12-13H,4-8,11H2,1-3H3,(H,20,23)(H,21,22). The third-order valence-corrected chi connectivity index (χ3v) is 4.82. The van der Waals surface area contributed by atoms with Crippen molar-refractivity contribution in [2.45, 2.75) is 52.9 Å². The van der Waals surface area contributed by atoms with Gasteiger partial charge in [-0.25, -0.2) is 4.98 Å². The minimum atomic E-state index is -0.0881. The Bertz CT molecular complexity index is 666. The van der Waals surface area contributed by atoms with Gasteiger partial charge in [-0.15, -0.1) is 11.3 Å². The Hall–Kier alpha value is -1.88. The van der Waals surface area contributed by atoms with Crippen molar-refractivity contribution in [3.63, 3.8) is 0 Å². The third kappa shape index (κ3) is 5.64. The van der Waals surface area contributed by atoms with Crippen molar-refractivity contribution in [1.29, 1.82) is 0 Å². The smallest absolute Gasteiger partial charge is 0.270 e. The second-order valence-corrected chi connectivity index (χ2v) is 6.99. The number of rotatable bonds is 9. The van der Waals surface area contributed by atoms with Crippen LogP contribution in [-0.2, 0) is 0 Å². The number of nitrogens with one attached hydrogen (secondary N) is 2. The average molecular weight is 346 g/mol. The zero-order valence-electron chi connectivity index (χ0n) is 14.8. The van der Waals surface area contributed by atoms with Crippen molar-refractivity contribution >= 4 is 28.1 Å². The minimum Gasteiger partial charge on any atom is -0.351 e. The summed E-state index contributed by atoms with van der Waals surface area (Å²) in [7, 11) is 0. The number of carbonyl (C=O) groups is 1. The fraction of sp³-hybridized carbons (Fsp3) is 0.474. The molecule has 0 saturated carbocycles. The molecule has 5 heteroatoms. The Morgan fingerprint density at radius 3 is 2.67 bits per heavy atom. The molecule has 0 atom stereocenters. The number of benzene rings is 1. The summed E-state index contributed by atoms with van der Waals surface area (Å²) in [5.41, 5.74) is 3.98. The number of aryl methyl sites for hydroxylation is 2. The van der Waals surface area contributed by atoms with Crippen molar-refractivity contribution < 1.29 is 4.79 Å². The van der Waals surface area contributed by atoms with Crippen LogP contribution in [0.5, 0.6) is 0 Å². The second-order valence-electron chi connectivity index (χ2n) is 6.13. The first kappa shape index (κ1) is 18.5. The maximum Gasteiger partial charge on any atom is 0.270 e. The highest BCUT2D eigenvalue weighted by Crippen LogP contribution is 2.22. The number of nitrogens with zero attached hydrogens (tertiary/aromatic N) is 1. The predicted molar refractivity (Wildman–Crippen MR) is 102 cm³/mol. The van der Waals surface area contributed by atoms with Gasteiger partial charge < -0.3 is 10.6 Å². The van der Waals surface area contributed by atoms with E-state index in [0.717, 1.165) is 23.8 Å². The number of thiazole rings is 1. The molecule has 0 spiro atoms. The lowest BCUT2D eigenvalue weighted by atomic mass is 10.1. The van der Waals surface area contributed by atoms with Crippen LogP contribution < -0.4 is 10.6 Å². The van der Waals surface area contributed by atoms with Crippen molar-refractivity contribution in [2.75, 3.05) is 11.9 Å². The molecule has 1 aromatic carbocycles. The van der Waals surface area contributed by atoms with Gasteiger partial charge in [0.25, 0.3) is 5.91 Å². The zero-order valence-corrected chi connectivity index (χ0v) is 15.6. The Labute approximate surface area is 148 Å². The van der Waals surface area contributed by atoms with Crippen LogP contribution in [0, 0.1) is 13.8 Å². The highest BCUT2D eigenvalue weighted by molar-refractivity contribution is 7.14. The molecule has 0 unspecified atom stereocenters. The Balaban J connectivity index is 1.81. The van der Waals surface area contributed by atoms with E-state index in [1.54, 1.807) is 5.38 Å². The van der Waals surface area contributed by atoms with E-state index in [1.807, 2.05) is 6.07 Å². The molecular formula is C19H27N3OS. The molecule has 4 nitrogen and oxygen atoms in total. The van der Waals surface area contributed by atoms with Crippen LogP contribution in [0.2, 0.25) is 0 Å². The lowest BCUT2D eigenvalue weighted by Gasteiger charge is -2.06. The highest BCUT2D eigenvalue weighted by Gasteiger charge is 2.10. The lowest BCUT2D eigenvalue weighted by molar-refractivity contribution is 0.0948. The third-order valence-electron chi connectivity index (χ3n) is 4.06. The maximum atomic E-state index is 12.1. The molecule has 0 fully saturated rings. The molecule has 0 aliphatic heterocycles. The summed E-state index contributed by atoms with van der Waals surface area (Å²) in [5.74, 6) is -0.0881. The van der Waals surface area contributed by atoms with E-state index in [1.165, 1.54) is 48.1 Å². The first-order chi connectivity index (χ1) is 11.6. The molecule has 2 N–H and O–H groups in total. The predicted octanol–water partition coefficient (Wildman–Crippen LogP) is 5.20. The highest BCUT2D eigenvalue weighted by atomic mass is 32.1. The van der Waals surface area contributed by atoms with Gasteiger partial charge in [0.05, 0.1) is 0 Å². The zero-order chi connectivity index (χ0) is 17.4. The molecule has 2 rings (SSSR count). The second kappa shape index (κ2) is 9.42. The summed E-state index contributed by atoms with van der Waals surface area (Å²) in [6.45, 7) is 7.10. The van der Waals surface area contributed by atoms with Crippen molar-refractivity contribution in [3.8, 4) is 0 Å². The summed E-state index contributed by atoms with van der Waals surface area (Å²) in [4.78, 5) is 16.5. The average Bonchev–Trinajstić information content (AvgIpc) is 3.03. The van der Waals surface area contributed by atoms with Gasteiger partial charge in [0.2, 0.25) is 0 Å². The largest absolute Gasteiger partial charge is 0.351 e. The first-order valence-electron chi connectivity index (χ1n) is 8.68. The van der Waals surface area contributed by atoms with Gasteiger partial charge in [-0.1, -0.05) is 38.7 Å². The van der Waals surface area contributed by atoms with E-state index in [0.29, 0.717) is 5.69 Å². The molecule has 130 valence electrons. The number of hydrogen-bond acceptors (Lipinski definition) is 4. The van der Waals surface area contributed by atoms with Gasteiger partial charge in [0.15, 0.2) is 5.13 Å². The van der Waals surface area contributed by atoms with Crippen molar-refractivity contribution in [2.24, 2.45) is 0 Å². The van der Waals surface area contributed by atoms with Crippen LogP contribution >= 0.6 is 11.3 Å². The Morgan fingerprint density at radius 1 is 1.12 bits per heavy atom. The van der Waals surface area contributed by atoms with Gasteiger partial charge in [0, 0.05) is 17.6 Å². The minimum absolute atomic E-state index is 0.0881. The SMILES string of the molecule is CCCCCCCNC(=O)c1csc(Nc2ccc(C)c(C)c2)n1. The summed E-state index contributed by atoms with van der Waals surface area (Å²) in [6.07, 6.45) is 5.95. The van der Waals surface area contributed by atoms with Gasteiger partial charge in [-0.05, 0) is 43.5 Å². The Morgan fingerprint density at radius 2 is 1.92 bits per heavy atom. The summed E-state index contributed by atoms with van der Waals surface area (Å²) in [6, 6.07) is 6.20. The van der Waals surface area contributed by atoms with E-state index in [4.69, 9.17) is 0 Å². The number of amides is 1. The maximum absolute atomic E-state index is 12.1. The lowest BCUT2D eigenvalue weighted by Crippen LogP contribution is -2.24. The van der Waals surface area contributed by atoms with Crippen LogP contribution in [0.15, 0.2) is 23.6 Å². The molecule has 0 saturated heterocycles. The van der Waals surface area contributed by atoms with Crippen LogP contribution in [-0.4, -0.2) is 17.4 Å². The molecule has 0 aliphatic carbocycles. The fourth-order valence-electron chi connectivity index (χ4n) is 2.40. The molecule has 0 bridgehead atoms. The van der Waals surface area contributed by atoms with Crippen LogP contribution in [0.4, 0.5) is 10.8 Å². The molecule has 1 heterocycles. The van der Waals surface area contributed by atoms with Gasteiger partial charge in [-0.3, -0.25) is 4.79 Å². The monoisotopic (exact) mass is 345 g/mol. The normalized spacial score (nSPS) is 10.6. The number of unbranched alkanes of at least 4 members (excludes halogenated alkanes) is 4. The number of hydrogen-bond donors (Lipinski definition) is 2. The molecule has 2 aromatic rings. The van der Waals surface area contributed by atoms with E-state index < -0.39 is 0 Å². The topological polar surface area (TPSA) is 54.0 Å². The molecule has 0 radical (unpaired) electrons. The summed E-state index contributed by atoms with van der Waals surface area (Å²) < 4.78 is 0. The van der Waals surface area contributed by atoms with Gasteiger partial charge in [0.1, 0.15) is 5.69 Å².